The van der Waals surface area contributed by atoms with E-state index in [-0.39, 0.29) is 7.43 Å². The number of rotatable bonds is 5. The molecule has 0 aromatic rings. The van der Waals surface area contributed by atoms with Gasteiger partial charge in [-0.2, -0.15) is 5.26 Å². The maximum Gasteiger partial charge on any atom is 0.106 e. The normalized spacial score (nSPS) is 23.8. The molecule has 0 aliphatic carbocycles. The first-order valence-electron chi connectivity index (χ1n) is 7.44. The number of nitriles is 1. The lowest BCUT2D eigenvalue weighted by molar-refractivity contribution is 0.0367. The molecule has 2 aliphatic rings. The Morgan fingerprint density at radius 3 is 2.00 bits per heavy atom. The maximum atomic E-state index is 8.99. The zero-order valence-corrected chi connectivity index (χ0v) is 11.8. The SMILES string of the molecule is C.N#CC1(N)CCN(CCCCN2CCOCC2)CC1. The number of likely N-dealkylation sites (tertiary alicyclic amines) is 1. The highest BCUT2D eigenvalue weighted by Gasteiger charge is 2.30. The van der Waals surface area contributed by atoms with Crippen LogP contribution in [-0.2, 0) is 4.74 Å². The predicted molar refractivity (Wildman–Crippen MR) is 81.4 cm³/mol. The van der Waals surface area contributed by atoms with Crippen LogP contribution in [-0.4, -0.2) is 67.8 Å². The number of morpholine rings is 1. The van der Waals surface area contributed by atoms with Crippen LogP contribution in [0.1, 0.15) is 33.1 Å². The van der Waals surface area contributed by atoms with E-state index in [0.29, 0.717) is 0 Å². The molecule has 116 valence electrons. The van der Waals surface area contributed by atoms with Gasteiger partial charge in [-0.15, -0.1) is 0 Å². The highest BCUT2D eigenvalue weighted by atomic mass is 16.5. The van der Waals surface area contributed by atoms with Crippen LogP contribution >= 0.6 is 0 Å². The van der Waals surface area contributed by atoms with Gasteiger partial charge >= 0.3 is 0 Å². The van der Waals surface area contributed by atoms with E-state index in [0.717, 1.165) is 58.8 Å². The molecule has 0 bridgehead atoms. The Kier molecular flexibility index (Phi) is 7.46. The summed E-state index contributed by atoms with van der Waals surface area (Å²) in [6, 6.07) is 2.24. The molecule has 0 atom stereocenters. The smallest absolute Gasteiger partial charge is 0.106 e. The van der Waals surface area contributed by atoms with Gasteiger partial charge in [0.15, 0.2) is 0 Å². The molecule has 2 rings (SSSR count). The summed E-state index contributed by atoms with van der Waals surface area (Å²) in [6.07, 6.45) is 4.12. The molecule has 0 amide bonds. The average molecular weight is 282 g/mol. The number of nitrogens with two attached hydrogens (primary N) is 1. The summed E-state index contributed by atoms with van der Waals surface area (Å²) in [5, 5.41) is 8.99. The molecule has 0 aromatic carbocycles. The lowest BCUT2D eigenvalue weighted by Crippen LogP contribution is -2.49. The summed E-state index contributed by atoms with van der Waals surface area (Å²) in [5.74, 6) is 0. The highest BCUT2D eigenvalue weighted by molar-refractivity contribution is 5.07. The second-order valence-electron chi connectivity index (χ2n) is 5.77. The molecule has 0 spiro atoms. The predicted octanol–water partition coefficient (Wildman–Crippen LogP) is 1.05. The highest BCUT2D eigenvalue weighted by Crippen LogP contribution is 2.18. The topological polar surface area (TPSA) is 65.5 Å². The van der Waals surface area contributed by atoms with Crippen molar-refractivity contribution >= 4 is 0 Å². The molecular formula is C15H30N4O. The molecule has 2 heterocycles. The summed E-state index contributed by atoms with van der Waals surface area (Å²) < 4.78 is 5.34. The summed E-state index contributed by atoms with van der Waals surface area (Å²) >= 11 is 0. The fourth-order valence-corrected chi connectivity index (χ4v) is 2.78. The van der Waals surface area contributed by atoms with Gasteiger partial charge in [0.2, 0.25) is 0 Å². The van der Waals surface area contributed by atoms with Crippen LogP contribution in [0, 0.1) is 11.3 Å². The van der Waals surface area contributed by atoms with Crippen molar-refractivity contribution in [3.63, 3.8) is 0 Å². The van der Waals surface area contributed by atoms with Gasteiger partial charge in [0.05, 0.1) is 19.3 Å². The lowest BCUT2D eigenvalue weighted by Gasteiger charge is -2.34. The van der Waals surface area contributed by atoms with Crippen LogP contribution < -0.4 is 5.73 Å². The van der Waals surface area contributed by atoms with Crippen LogP contribution in [0.3, 0.4) is 0 Å². The molecule has 0 unspecified atom stereocenters. The van der Waals surface area contributed by atoms with E-state index in [4.69, 9.17) is 15.7 Å². The monoisotopic (exact) mass is 282 g/mol. The third kappa shape index (κ3) is 5.37. The van der Waals surface area contributed by atoms with Crippen LogP contribution in [0.15, 0.2) is 0 Å². The van der Waals surface area contributed by atoms with Gasteiger partial charge in [-0.25, -0.2) is 0 Å². The van der Waals surface area contributed by atoms with Crippen LogP contribution in [0.25, 0.3) is 0 Å². The first kappa shape index (κ1) is 17.4. The van der Waals surface area contributed by atoms with E-state index in [2.05, 4.69) is 15.9 Å². The number of unbranched alkanes of at least 4 members (excludes halogenated alkanes) is 1. The molecule has 2 N–H and O–H groups in total. The van der Waals surface area contributed by atoms with Gasteiger partial charge in [-0.05, 0) is 38.8 Å². The Hall–Kier alpha value is -0.670. The number of hydrogen-bond donors (Lipinski definition) is 1. The second-order valence-corrected chi connectivity index (χ2v) is 5.77. The maximum absolute atomic E-state index is 8.99. The van der Waals surface area contributed by atoms with Crippen LogP contribution in [0.2, 0.25) is 0 Å². The largest absolute Gasteiger partial charge is 0.379 e. The molecular weight excluding hydrogens is 252 g/mol. The Balaban J connectivity index is 0.00000200. The molecule has 5 heteroatoms. The number of ether oxygens (including phenoxy) is 1. The third-order valence-corrected chi connectivity index (χ3v) is 4.27. The van der Waals surface area contributed by atoms with Crippen molar-refractivity contribution in [2.45, 2.75) is 38.6 Å². The molecule has 0 saturated carbocycles. The number of piperidine rings is 1. The molecule has 5 nitrogen and oxygen atoms in total. The van der Waals surface area contributed by atoms with Crippen molar-refractivity contribution < 1.29 is 4.74 Å². The molecule has 2 saturated heterocycles. The minimum Gasteiger partial charge on any atom is -0.379 e. The standard InChI is InChI=1S/C14H26N4O.CH4/c15-13-14(16)3-7-17(8-4-14)5-1-2-6-18-9-11-19-12-10-18;/h1-12,16H2;1H4. The van der Waals surface area contributed by atoms with Gasteiger partial charge < -0.3 is 15.4 Å². The molecule has 2 fully saturated rings. The van der Waals surface area contributed by atoms with Gasteiger partial charge in [-0.1, -0.05) is 7.43 Å². The summed E-state index contributed by atoms with van der Waals surface area (Å²) in [6.45, 7) is 8.23. The van der Waals surface area contributed by atoms with E-state index >= 15 is 0 Å². The van der Waals surface area contributed by atoms with E-state index in [1.807, 2.05) is 0 Å². The van der Waals surface area contributed by atoms with Gasteiger partial charge in [-0.3, -0.25) is 4.90 Å². The van der Waals surface area contributed by atoms with Crippen molar-refractivity contribution in [1.29, 1.82) is 5.26 Å². The minimum absolute atomic E-state index is 0. The Bertz CT molecular complexity index is 301. The zero-order valence-electron chi connectivity index (χ0n) is 11.8. The fraction of sp³-hybridized carbons (Fsp3) is 0.933. The summed E-state index contributed by atoms with van der Waals surface area (Å²) in [7, 11) is 0. The van der Waals surface area contributed by atoms with Crippen LogP contribution in [0.4, 0.5) is 0 Å². The molecule has 0 radical (unpaired) electrons. The van der Waals surface area contributed by atoms with E-state index in [1.54, 1.807) is 0 Å². The quantitative estimate of drug-likeness (QED) is 0.764. The van der Waals surface area contributed by atoms with Gasteiger partial charge in [0.1, 0.15) is 5.54 Å². The molecule has 0 aromatic heterocycles. The van der Waals surface area contributed by atoms with Crippen LogP contribution in [0.5, 0.6) is 0 Å². The third-order valence-electron chi connectivity index (χ3n) is 4.27. The summed E-state index contributed by atoms with van der Waals surface area (Å²) in [4.78, 5) is 4.93. The van der Waals surface area contributed by atoms with E-state index in [1.165, 1.54) is 19.4 Å². The van der Waals surface area contributed by atoms with Gasteiger partial charge in [0.25, 0.3) is 0 Å². The van der Waals surface area contributed by atoms with Crippen molar-refractivity contribution in [3.05, 3.63) is 0 Å². The lowest BCUT2D eigenvalue weighted by atomic mass is 9.90. The Morgan fingerprint density at radius 1 is 1.00 bits per heavy atom. The zero-order chi connectivity index (χ0) is 13.6. The van der Waals surface area contributed by atoms with E-state index in [9.17, 15) is 0 Å². The average Bonchev–Trinajstić information content (AvgIpc) is 2.47. The first-order valence-corrected chi connectivity index (χ1v) is 7.44. The van der Waals surface area contributed by atoms with Crippen molar-refractivity contribution in [3.8, 4) is 6.07 Å². The second kappa shape index (κ2) is 8.58. The van der Waals surface area contributed by atoms with Crippen molar-refractivity contribution in [1.82, 2.24) is 9.80 Å². The Morgan fingerprint density at radius 2 is 1.50 bits per heavy atom. The summed E-state index contributed by atoms with van der Waals surface area (Å²) in [5.41, 5.74) is 5.40. The first-order chi connectivity index (χ1) is 9.22. The van der Waals surface area contributed by atoms with Crippen molar-refractivity contribution in [2.24, 2.45) is 5.73 Å². The number of hydrogen-bond acceptors (Lipinski definition) is 5. The Labute approximate surface area is 123 Å². The molecule has 2 aliphatic heterocycles. The molecule has 20 heavy (non-hydrogen) atoms. The minimum atomic E-state index is -0.565. The van der Waals surface area contributed by atoms with E-state index < -0.39 is 5.54 Å². The fourth-order valence-electron chi connectivity index (χ4n) is 2.78. The van der Waals surface area contributed by atoms with Gasteiger partial charge in [0, 0.05) is 26.2 Å². The van der Waals surface area contributed by atoms with Crippen molar-refractivity contribution in [2.75, 3.05) is 52.5 Å². The number of nitrogens with zero attached hydrogens (tertiary/aromatic N) is 3.